The predicted molar refractivity (Wildman–Crippen MR) is 117 cm³/mol. The van der Waals surface area contributed by atoms with E-state index < -0.39 is 10.0 Å². The number of ether oxygens (including phenoxy) is 2. The number of anilines is 1. The average Bonchev–Trinajstić information content (AvgIpc) is 3.35. The van der Waals surface area contributed by atoms with Crippen molar-refractivity contribution < 1.29 is 17.9 Å². The normalized spacial score (nSPS) is 13.4. The molecule has 2 aromatic carbocycles. The van der Waals surface area contributed by atoms with Gasteiger partial charge in [-0.05, 0) is 49.2 Å². The van der Waals surface area contributed by atoms with Crippen LogP contribution >= 0.6 is 11.3 Å². The van der Waals surface area contributed by atoms with E-state index >= 15 is 0 Å². The lowest BCUT2D eigenvalue weighted by Crippen LogP contribution is -2.27. The summed E-state index contributed by atoms with van der Waals surface area (Å²) in [6.07, 6.45) is 1.96. The second kappa shape index (κ2) is 7.68. The van der Waals surface area contributed by atoms with Gasteiger partial charge in [0.25, 0.3) is 0 Å². The van der Waals surface area contributed by atoms with Gasteiger partial charge < -0.3 is 9.47 Å². The number of rotatable bonds is 6. The summed E-state index contributed by atoms with van der Waals surface area (Å²) in [6.45, 7) is 3.00. The maximum atomic E-state index is 11.9. The maximum absolute atomic E-state index is 11.9. The van der Waals surface area contributed by atoms with Crippen LogP contribution in [-0.4, -0.2) is 39.9 Å². The number of thiazole rings is 1. The maximum Gasteiger partial charge on any atom is 0.232 e. The van der Waals surface area contributed by atoms with Crippen LogP contribution in [0.2, 0.25) is 0 Å². The van der Waals surface area contributed by atoms with Crippen molar-refractivity contribution in [3.8, 4) is 33.3 Å². The van der Waals surface area contributed by atoms with E-state index in [1.54, 1.807) is 18.4 Å². The van der Waals surface area contributed by atoms with Gasteiger partial charge in [0.05, 0.1) is 31.4 Å². The third-order valence-electron chi connectivity index (χ3n) is 4.84. The molecule has 4 rings (SSSR count). The van der Waals surface area contributed by atoms with Gasteiger partial charge in [-0.15, -0.1) is 11.3 Å². The fourth-order valence-electron chi connectivity index (χ4n) is 3.49. The molecule has 6 nitrogen and oxygen atoms in total. The first-order valence-electron chi connectivity index (χ1n) is 9.28. The van der Waals surface area contributed by atoms with Crippen LogP contribution in [0.4, 0.5) is 5.69 Å². The van der Waals surface area contributed by atoms with Gasteiger partial charge in [0.1, 0.15) is 5.01 Å². The van der Waals surface area contributed by atoms with Crippen molar-refractivity contribution >= 4 is 27.0 Å². The van der Waals surface area contributed by atoms with E-state index in [0.717, 1.165) is 33.1 Å². The fraction of sp³-hybridized carbons (Fsp3) is 0.286. The Balaban J connectivity index is 1.64. The lowest BCUT2D eigenvalue weighted by Gasteiger charge is -2.16. The van der Waals surface area contributed by atoms with Gasteiger partial charge >= 0.3 is 0 Å². The molecular formula is C21H22N2O4S2. The zero-order valence-corrected chi connectivity index (χ0v) is 18.1. The molecule has 2 heterocycles. The first-order chi connectivity index (χ1) is 13.9. The number of benzene rings is 2. The second-order valence-corrected chi connectivity index (χ2v) is 9.53. The zero-order chi connectivity index (χ0) is 20.6. The number of hydrogen-bond acceptors (Lipinski definition) is 6. The van der Waals surface area contributed by atoms with E-state index in [9.17, 15) is 8.42 Å². The third kappa shape index (κ3) is 3.82. The van der Waals surface area contributed by atoms with Crippen molar-refractivity contribution in [1.82, 2.24) is 4.98 Å². The van der Waals surface area contributed by atoms with Gasteiger partial charge in [0, 0.05) is 23.1 Å². The minimum atomic E-state index is -3.24. The first-order valence-corrected chi connectivity index (χ1v) is 12.0. The second-order valence-electron chi connectivity index (χ2n) is 6.77. The summed E-state index contributed by atoms with van der Waals surface area (Å²) in [5.74, 6) is 1.39. The van der Waals surface area contributed by atoms with E-state index in [4.69, 9.17) is 14.5 Å². The highest BCUT2D eigenvalue weighted by atomic mass is 32.2. The molecule has 0 aliphatic carbocycles. The fourth-order valence-corrected chi connectivity index (χ4v) is 5.27. The van der Waals surface area contributed by atoms with Crippen molar-refractivity contribution in [2.24, 2.45) is 0 Å². The molecule has 0 saturated heterocycles. The summed E-state index contributed by atoms with van der Waals surface area (Å²) in [4.78, 5) is 4.79. The molecule has 3 aromatic rings. The van der Waals surface area contributed by atoms with E-state index in [1.165, 1.54) is 10.6 Å². The Hall–Kier alpha value is -2.58. The van der Waals surface area contributed by atoms with Gasteiger partial charge in [-0.25, -0.2) is 13.4 Å². The van der Waals surface area contributed by atoms with Crippen molar-refractivity contribution in [1.29, 1.82) is 0 Å². The molecule has 1 aliphatic heterocycles. The minimum absolute atomic E-state index is 0.492. The summed E-state index contributed by atoms with van der Waals surface area (Å²) < 4.78 is 36.3. The van der Waals surface area contributed by atoms with Crippen molar-refractivity contribution in [3.63, 3.8) is 0 Å². The molecule has 0 atom stereocenters. The predicted octanol–water partition coefficient (Wildman–Crippen LogP) is 4.21. The molecule has 0 fully saturated rings. The molecule has 0 amide bonds. The van der Waals surface area contributed by atoms with E-state index in [2.05, 4.69) is 0 Å². The SMILES string of the molecule is CCOc1ccc(-c2nc(-c3ccc4c(c3)CCN4S(C)(=O)=O)cs2)cc1OC. The van der Waals surface area contributed by atoms with Gasteiger partial charge in [0.2, 0.25) is 10.0 Å². The standard InChI is InChI=1S/C21H22N2O4S2/c1-4-27-19-8-6-16(12-20(19)26-2)21-22-17(13-28-21)14-5-7-18-15(11-14)9-10-23(18)29(3,24)25/h5-8,11-13H,4,9-10H2,1-3H3. The molecule has 1 aromatic heterocycles. The highest BCUT2D eigenvalue weighted by Gasteiger charge is 2.26. The highest BCUT2D eigenvalue weighted by Crippen LogP contribution is 2.37. The highest BCUT2D eigenvalue weighted by molar-refractivity contribution is 7.92. The van der Waals surface area contributed by atoms with E-state index in [-0.39, 0.29) is 0 Å². The van der Waals surface area contributed by atoms with E-state index in [0.29, 0.717) is 31.1 Å². The van der Waals surface area contributed by atoms with Gasteiger partial charge in [-0.2, -0.15) is 0 Å². The van der Waals surface area contributed by atoms with Gasteiger partial charge in [-0.1, -0.05) is 6.07 Å². The average molecular weight is 431 g/mol. The molecule has 0 saturated carbocycles. The Morgan fingerprint density at radius 3 is 2.66 bits per heavy atom. The molecule has 0 unspecified atom stereocenters. The smallest absolute Gasteiger partial charge is 0.232 e. The summed E-state index contributed by atoms with van der Waals surface area (Å²) >= 11 is 1.56. The minimum Gasteiger partial charge on any atom is -0.493 e. The Bertz CT molecular complexity index is 1160. The number of fused-ring (bicyclic) bond motifs is 1. The van der Waals surface area contributed by atoms with Crippen LogP contribution in [0, 0.1) is 0 Å². The van der Waals surface area contributed by atoms with Crippen LogP contribution in [0.15, 0.2) is 41.8 Å². The number of methoxy groups -OCH3 is 1. The van der Waals surface area contributed by atoms with Crippen LogP contribution in [0.3, 0.4) is 0 Å². The molecule has 0 radical (unpaired) electrons. The van der Waals surface area contributed by atoms with Crippen LogP contribution in [-0.2, 0) is 16.4 Å². The van der Waals surface area contributed by atoms with Crippen LogP contribution < -0.4 is 13.8 Å². The van der Waals surface area contributed by atoms with Crippen LogP contribution in [0.1, 0.15) is 12.5 Å². The lowest BCUT2D eigenvalue weighted by atomic mass is 10.1. The molecule has 0 spiro atoms. The lowest BCUT2D eigenvalue weighted by molar-refractivity contribution is 0.311. The summed E-state index contributed by atoms with van der Waals surface area (Å²) in [7, 11) is -1.62. The first kappa shape index (κ1) is 19.7. The molecule has 0 bridgehead atoms. The van der Waals surface area contributed by atoms with Crippen molar-refractivity contribution in [2.75, 3.05) is 30.8 Å². The van der Waals surface area contributed by atoms with E-state index in [1.807, 2.05) is 48.7 Å². The molecule has 8 heteroatoms. The van der Waals surface area contributed by atoms with Gasteiger partial charge in [-0.3, -0.25) is 4.31 Å². The van der Waals surface area contributed by atoms with Crippen LogP contribution in [0.5, 0.6) is 11.5 Å². The quantitative estimate of drug-likeness (QED) is 0.586. The number of aromatic nitrogens is 1. The third-order valence-corrected chi connectivity index (χ3v) is 6.91. The Labute approximate surface area is 174 Å². The zero-order valence-electron chi connectivity index (χ0n) is 16.5. The van der Waals surface area contributed by atoms with Crippen LogP contribution in [0.25, 0.3) is 21.8 Å². The Morgan fingerprint density at radius 2 is 1.93 bits per heavy atom. The summed E-state index contributed by atoms with van der Waals surface area (Å²) in [5, 5.41) is 2.91. The topological polar surface area (TPSA) is 68.7 Å². The van der Waals surface area contributed by atoms with Gasteiger partial charge in [0.15, 0.2) is 11.5 Å². The summed E-state index contributed by atoms with van der Waals surface area (Å²) in [6, 6.07) is 11.6. The number of hydrogen-bond donors (Lipinski definition) is 0. The Kier molecular flexibility index (Phi) is 5.23. The van der Waals surface area contributed by atoms with Crippen molar-refractivity contribution in [3.05, 3.63) is 47.3 Å². The molecule has 0 N–H and O–H groups in total. The van der Waals surface area contributed by atoms with Crippen molar-refractivity contribution in [2.45, 2.75) is 13.3 Å². The monoisotopic (exact) mass is 430 g/mol. The molecule has 152 valence electrons. The molecule has 29 heavy (non-hydrogen) atoms. The molecule has 1 aliphatic rings. The Morgan fingerprint density at radius 1 is 1.14 bits per heavy atom. The number of sulfonamides is 1. The largest absolute Gasteiger partial charge is 0.493 e. The number of nitrogens with zero attached hydrogens (tertiary/aromatic N) is 2. The molecular weight excluding hydrogens is 408 g/mol. The summed E-state index contributed by atoms with van der Waals surface area (Å²) in [5.41, 5.74) is 4.62.